The van der Waals surface area contributed by atoms with Gasteiger partial charge in [-0.2, -0.15) is 4.31 Å². The number of carboxylic acid groups (broad SMARTS) is 1. The van der Waals surface area contributed by atoms with Crippen LogP contribution in [0.4, 0.5) is 4.79 Å². The number of sulfonamides is 1. The summed E-state index contributed by atoms with van der Waals surface area (Å²) in [5.41, 5.74) is -0.661. The van der Waals surface area contributed by atoms with Gasteiger partial charge in [-0.15, -0.1) is 0 Å². The molecule has 2 aromatic rings. The van der Waals surface area contributed by atoms with Crippen molar-refractivity contribution in [3.63, 3.8) is 0 Å². The second kappa shape index (κ2) is 11.5. The maximum Gasteiger partial charge on any atom is 0.405 e. The Morgan fingerprint density at radius 2 is 1.85 bits per heavy atom. The van der Waals surface area contributed by atoms with Crippen LogP contribution in [0, 0.1) is 17.8 Å². The lowest BCUT2D eigenvalue weighted by molar-refractivity contribution is -0.0907. The summed E-state index contributed by atoms with van der Waals surface area (Å²) in [5, 5.41) is 24.7. The van der Waals surface area contributed by atoms with Crippen LogP contribution in [0.1, 0.15) is 25.8 Å². The third-order valence-electron chi connectivity index (χ3n) is 7.90. The van der Waals surface area contributed by atoms with Crippen LogP contribution in [-0.2, 0) is 25.9 Å². The molecule has 5 atom stereocenters. The van der Waals surface area contributed by atoms with Crippen LogP contribution in [0.15, 0.2) is 53.4 Å². The zero-order valence-electron chi connectivity index (χ0n) is 22.6. The minimum Gasteiger partial charge on any atom is -0.465 e. The van der Waals surface area contributed by atoms with E-state index >= 15 is 0 Å². The summed E-state index contributed by atoms with van der Waals surface area (Å²) >= 11 is 0. The zero-order valence-corrected chi connectivity index (χ0v) is 23.4. The third kappa shape index (κ3) is 5.64. The van der Waals surface area contributed by atoms with Gasteiger partial charge in [-0.3, -0.25) is 0 Å². The average Bonchev–Trinajstić information content (AvgIpc) is 3.65. The summed E-state index contributed by atoms with van der Waals surface area (Å²) in [4.78, 5) is 12.3. The summed E-state index contributed by atoms with van der Waals surface area (Å²) in [5.74, 6) is 0.0908. The topological polar surface area (TPSA) is 144 Å². The molecule has 5 unspecified atom stereocenters. The molecule has 11 nitrogen and oxygen atoms in total. The highest BCUT2D eigenvalue weighted by molar-refractivity contribution is 7.89. The van der Waals surface area contributed by atoms with Gasteiger partial charge in [0.1, 0.15) is 0 Å². The van der Waals surface area contributed by atoms with E-state index in [4.69, 9.17) is 18.9 Å². The van der Waals surface area contributed by atoms with Crippen molar-refractivity contribution in [2.24, 2.45) is 17.8 Å². The van der Waals surface area contributed by atoms with E-state index < -0.39 is 40.0 Å². The lowest BCUT2D eigenvalue weighted by Gasteiger charge is -2.45. The molecular formula is C28H36N2O9S. The Morgan fingerprint density at radius 1 is 1.10 bits per heavy atom. The number of nitrogens with zero attached hydrogens (tertiary/aromatic N) is 1. The van der Waals surface area contributed by atoms with Crippen molar-refractivity contribution in [2.45, 2.75) is 49.5 Å². The monoisotopic (exact) mass is 576 g/mol. The summed E-state index contributed by atoms with van der Waals surface area (Å²) < 4.78 is 51.5. The molecule has 3 heterocycles. The minimum absolute atomic E-state index is 0.00194. The van der Waals surface area contributed by atoms with Crippen molar-refractivity contribution < 1.29 is 42.4 Å². The van der Waals surface area contributed by atoms with Gasteiger partial charge in [0.2, 0.25) is 16.8 Å². The van der Waals surface area contributed by atoms with Crippen LogP contribution in [0.2, 0.25) is 0 Å². The second-order valence-electron chi connectivity index (χ2n) is 11.0. The van der Waals surface area contributed by atoms with E-state index in [0.29, 0.717) is 24.5 Å². The number of ether oxygens (including phenoxy) is 4. The quantitative estimate of drug-likeness (QED) is 0.368. The van der Waals surface area contributed by atoms with Gasteiger partial charge in [0, 0.05) is 31.0 Å². The summed E-state index contributed by atoms with van der Waals surface area (Å²) in [6.07, 6.45) is -2.44. The van der Waals surface area contributed by atoms with Crippen molar-refractivity contribution in [3.05, 3.63) is 54.1 Å². The van der Waals surface area contributed by atoms with Gasteiger partial charge in [-0.1, -0.05) is 44.2 Å². The number of hydrogen-bond acceptors (Lipinski definition) is 8. The Kier molecular flexibility index (Phi) is 8.25. The predicted molar refractivity (Wildman–Crippen MR) is 143 cm³/mol. The molecule has 0 aromatic heterocycles. The fraction of sp³-hybridized carbons (Fsp3) is 0.536. The van der Waals surface area contributed by atoms with Crippen LogP contribution in [0.25, 0.3) is 0 Å². The molecule has 12 heteroatoms. The van der Waals surface area contributed by atoms with Crippen molar-refractivity contribution in [1.82, 2.24) is 9.62 Å². The number of amides is 1. The first kappa shape index (κ1) is 28.6. The predicted octanol–water partition coefficient (Wildman–Crippen LogP) is 2.68. The molecular weight excluding hydrogens is 540 g/mol. The van der Waals surface area contributed by atoms with Gasteiger partial charge < -0.3 is 34.5 Å². The third-order valence-corrected chi connectivity index (χ3v) is 9.73. The van der Waals surface area contributed by atoms with Crippen molar-refractivity contribution in [1.29, 1.82) is 0 Å². The molecule has 0 saturated carbocycles. The maximum absolute atomic E-state index is 14.0. The smallest absolute Gasteiger partial charge is 0.405 e. The highest BCUT2D eigenvalue weighted by atomic mass is 32.2. The molecule has 0 bridgehead atoms. The van der Waals surface area contributed by atoms with Crippen LogP contribution in [-0.4, -0.2) is 80.1 Å². The molecule has 40 heavy (non-hydrogen) atoms. The zero-order chi connectivity index (χ0) is 28.5. The maximum atomic E-state index is 14.0. The standard InChI is InChI=1S/C28H36N2O9S/c1-18(2)14-30(40(34,35)20-8-9-23-24(12-20)39-17-38-23)15-25(31)28(29-27(32)33,13-19-6-4-3-5-7-19)22-16-37-26-21(22)10-11-36-26/h3-9,12,18,21-22,25-26,29,31H,10-11,13-17H2,1-2H3,(H,32,33). The van der Waals surface area contributed by atoms with E-state index in [1.165, 1.54) is 16.4 Å². The number of rotatable bonds is 11. The summed E-state index contributed by atoms with van der Waals surface area (Å²) in [6.45, 7) is 4.17. The number of fused-ring (bicyclic) bond motifs is 2. The molecule has 218 valence electrons. The average molecular weight is 577 g/mol. The largest absolute Gasteiger partial charge is 0.465 e. The molecule has 2 saturated heterocycles. The van der Waals surface area contributed by atoms with Crippen molar-refractivity contribution in [2.75, 3.05) is 33.1 Å². The fourth-order valence-electron chi connectivity index (χ4n) is 6.06. The molecule has 3 aliphatic rings. The Hall–Kier alpha value is -2.90. The highest BCUT2D eigenvalue weighted by Crippen LogP contribution is 2.44. The van der Waals surface area contributed by atoms with E-state index in [0.717, 1.165) is 5.56 Å². The lowest BCUT2D eigenvalue weighted by atomic mass is 9.69. The normalized spacial score (nSPS) is 24.2. The van der Waals surface area contributed by atoms with Gasteiger partial charge in [0.15, 0.2) is 17.8 Å². The van der Waals surface area contributed by atoms with Gasteiger partial charge in [-0.25, -0.2) is 13.2 Å². The van der Waals surface area contributed by atoms with E-state index in [9.17, 15) is 23.4 Å². The van der Waals surface area contributed by atoms with Crippen LogP contribution < -0.4 is 14.8 Å². The Morgan fingerprint density at radius 3 is 2.58 bits per heavy atom. The first-order chi connectivity index (χ1) is 19.1. The molecule has 5 rings (SSSR count). The van der Waals surface area contributed by atoms with Crippen LogP contribution in [0.3, 0.4) is 0 Å². The molecule has 1 amide bonds. The SMILES string of the molecule is CC(C)CN(CC(O)C(Cc1ccccc1)(NC(=O)O)C1COC2OCCC21)S(=O)(=O)c1ccc2c(c1)OCO2. The Bertz CT molecular complexity index is 1310. The molecule has 2 aromatic carbocycles. The second-order valence-corrected chi connectivity index (χ2v) is 12.9. The van der Waals surface area contributed by atoms with E-state index in [2.05, 4.69) is 5.32 Å². The minimum atomic E-state index is -4.11. The molecule has 3 N–H and O–H groups in total. The highest BCUT2D eigenvalue weighted by Gasteiger charge is 2.56. The van der Waals surface area contributed by atoms with Crippen LogP contribution in [0.5, 0.6) is 11.5 Å². The number of aliphatic hydroxyl groups excluding tert-OH is 1. The Balaban J connectivity index is 1.53. The molecule has 2 fully saturated rings. The van der Waals surface area contributed by atoms with E-state index in [-0.39, 0.29) is 49.6 Å². The number of carbonyl (C=O) groups is 1. The lowest BCUT2D eigenvalue weighted by Crippen LogP contribution is -2.66. The van der Waals surface area contributed by atoms with Crippen LogP contribution >= 0.6 is 0 Å². The van der Waals surface area contributed by atoms with E-state index in [1.54, 1.807) is 6.07 Å². The summed E-state index contributed by atoms with van der Waals surface area (Å²) in [7, 11) is -4.11. The van der Waals surface area contributed by atoms with E-state index in [1.807, 2.05) is 44.2 Å². The first-order valence-electron chi connectivity index (χ1n) is 13.5. The number of benzene rings is 2. The van der Waals surface area contributed by atoms with Crippen molar-refractivity contribution >= 4 is 16.1 Å². The van der Waals surface area contributed by atoms with Gasteiger partial charge in [0.05, 0.1) is 29.8 Å². The van der Waals surface area contributed by atoms with Crippen molar-refractivity contribution in [3.8, 4) is 11.5 Å². The fourth-order valence-corrected chi connectivity index (χ4v) is 7.69. The first-order valence-corrected chi connectivity index (χ1v) is 14.9. The number of nitrogens with one attached hydrogen (secondary N) is 1. The molecule has 0 radical (unpaired) electrons. The Labute approximate surface area is 234 Å². The molecule has 0 aliphatic carbocycles. The molecule has 0 spiro atoms. The number of aliphatic hydroxyl groups is 1. The van der Waals surface area contributed by atoms with Gasteiger partial charge >= 0.3 is 6.09 Å². The van der Waals surface area contributed by atoms with Gasteiger partial charge in [-0.05, 0) is 36.5 Å². The molecule has 3 aliphatic heterocycles. The summed E-state index contributed by atoms with van der Waals surface area (Å²) in [6, 6.07) is 13.7. The number of hydrogen-bond donors (Lipinski definition) is 3. The van der Waals surface area contributed by atoms with Gasteiger partial charge in [0.25, 0.3) is 0 Å².